The van der Waals surface area contributed by atoms with Gasteiger partial charge in [-0.1, -0.05) is 0 Å². The first-order valence-corrected chi connectivity index (χ1v) is 10.6. The van der Waals surface area contributed by atoms with Crippen molar-refractivity contribution in [3.8, 4) is 5.75 Å². The second-order valence-corrected chi connectivity index (χ2v) is 7.85. The average molecular weight is 411 g/mol. The molecule has 1 amide bonds. The average Bonchev–Trinajstić information content (AvgIpc) is 2.80. The summed E-state index contributed by atoms with van der Waals surface area (Å²) < 4.78 is 5.40. The number of carbonyl (C=O) groups is 1. The summed E-state index contributed by atoms with van der Waals surface area (Å²) in [6, 6.07) is 15.2. The molecule has 30 heavy (non-hydrogen) atoms. The lowest BCUT2D eigenvalue weighted by Crippen LogP contribution is -2.52. The van der Waals surface area contributed by atoms with E-state index in [1.54, 1.807) is 12.1 Å². The molecule has 2 fully saturated rings. The topological polar surface area (TPSA) is 68.3 Å². The van der Waals surface area contributed by atoms with E-state index in [2.05, 4.69) is 32.1 Å². The maximum Gasteiger partial charge on any atom is 0.241 e. The van der Waals surface area contributed by atoms with Crippen molar-refractivity contribution in [2.45, 2.75) is 13.0 Å². The lowest BCUT2D eigenvalue weighted by molar-refractivity contribution is -0.120. The minimum Gasteiger partial charge on any atom is -0.508 e. The van der Waals surface area contributed by atoms with Crippen molar-refractivity contribution in [3.63, 3.8) is 0 Å². The van der Waals surface area contributed by atoms with Gasteiger partial charge in [0, 0.05) is 56.3 Å². The van der Waals surface area contributed by atoms with Gasteiger partial charge in [-0.25, -0.2) is 0 Å². The third-order valence-corrected chi connectivity index (χ3v) is 5.97. The molecule has 7 heteroatoms. The zero-order chi connectivity index (χ0) is 20.9. The molecule has 1 atom stereocenters. The van der Waals surface area contributed by atoms with Gasteiger partial charge in [0.05, 0.1) is 19.3 Å². The molecule has 0 aromatic heterocycles. The highest BCUT2D eigenvalue weighted by Crippen LogP contribution is 2.22. The van der Waals surface area contributed by atoms with Crippen LogP contribution in [0.25, 0.3) is 0 Å². The number of piperazine rings is 1. The van der Waals surface area contributed by atoms with Gasteiger partial charge >= 0.3 is 0 Å². The van der Waals surface area contributed by atoms with Crippen molar-refractivity contribution in [1.82, 2.24) is 4.90 Å². The van der Waals surface area contributed by atoms with Gasteiger partial charge in [0.15, 0.2) is 0 Å². The number of benzene rings is 2. The van der Waals surface area contributed by atoms with E-state index < -0.39 is 0 Å². The Morgan fingerprint density at radius 1 is 0.867 bits per heavy atom. The molecule has 4 rings (SSSR count). The van der Waals surface area contributed by atoms with Crippen molar-refractivity contribution in [2.24, 2.45) is 0 Å². The van der Waals surface area contributed by atoms with Crippen molar-refractivity contribution < 1.29 is 14.6 Å². The Balaban J connectivity index is 1.28. The number of nitrogens with zero attached hydrogens (tertiary/aromatic N) is 3. The molecule has 2 aliphatic heterocycles. The van der Waals surface area contributed by atoms with Crippen molar-refractivity contribution in [2.75, 3.05) is 67.6 Å². The summed E-state index contributed by atoms with van der Waals surface area (Å²) in [5.41, 5.74) is 3.09. The third kappa shape index (κ3) is 4.86. The SMILES string of the molecule is CC(C(=O)Nc1ccc(N2CCOCC2)cc1)N1CCN(c2ccc(O)cc2)CC1. The van der Waals surface area contributed by atoms with E-state index in [-0.39, 0.29) is 17.7 Å². The maximum atomic E-state index is 12.8. The molecule has 7 nitrogen and oxygen atoms in total. The molecule has 2 aromatic rings. The Morgan fingerprint density at radius 3 is 2.00 bits per heavy atom. The zero-order valence-electron chi connectivity index (χ0n) is 17.5. The molecule has 2 N–H and O–H groups in total. The van der Waals surface area contributed by atoms with Crippen LogP contribution >= 0.6 is 0 Å². The Morgan fingerprint density at radius 2 is 1.40 bits per heavy atom. The predicted molar refractivity (Wildman–Crippen MR) is 119 cm³/mol. The fourth-order valence-corrected chi connectivity index (χ4v) is 4.02. The Kier molecular flexibility index (Phi) is 6.40. The van der Waals surface area contributed by atoms with E-state index in [4.69, 9.17) is 4.74 Å². The normalized spacial score (nSPS) is 18.8. The summed E-state index contributed by atoms with van der Waals surface area (Å²) in [7, 11) is 0. The van der Waals surface area contributed by atoms with Gasteiger partial charge in [0.25, 0.3) is 0 Å². The number of morpholine rings is 1. The summed E-state index contributed by atoms with van der Waals surface area (Å²) in [5, 5.41) is 12.5. The van der Waals surface area contributed by atoms with Crippen molar-refractivity contribution in [3.05, 3.63) is 48.5 Å². The minimum atomic E-state index is -0.189. The number of hydrogen-bond donors (Lipinski definition) is 2. The molecular weight excluding hydrogens is 380 g/mol. The number of rotatable bonds is 5. The third-order valence-electron chi connectivity index (χ3n) is 5.97. The Labute approximate surface area is 177 Å². The van der Waals surface area contributed by atoms with Crippen LogP contribution in [0.15, 0.2) is 48.5 Å². The molecule has 0 bridgehead atoms. The van der Waals surface area contributed by atoms with E-state index in [1.165, 1.54) is 0 Å². The fraction of sp³-hybridized carbons (Fsp3) is 0.435. The van der Waals surface area contributed by atoms with E-state index >= 15 is 0 Å². The number of nitrogens with one attached hydrogen (secondary N) is 1. The smallest absolute Gasteiger partial charge is 0.241 e. The van der Waals surface area contributed by atoms with Gasteiger partial charge in [0.1, 0.15) is 5.75 Å². The summed E-state index contributed by atoms with van der Waals surface area (Å²) in [4.78, 5) is 19.6. The highest BCUT2D eigenvalue weighted by atomic mass is 16.5. The first kappa shape index (κ1) is 20.5. The second-order valence-electron chi connectivity index (χ2n) is 7.85. The van der Waals surface area contributed by atoms with Crippen LogP contribution in [0.3, 0.4) is 0 Å². The predicted octanol–water partition coefficient (Wildman–Crippen LogP) is 2.38. The largest absolute Gasteiger partial charge is 0.508 e. The Hall–Kier alpha value is -2.77. The molecule has 160 valence electrons. The van der Waals surface area contributed by atoms with E-state index in [0.29, 0.717) is 0 Å². The van der Waals surface area contributed by atoms with Crippen LogP contribution in [0, 0.1) is 0 Å². The van der Waals surface area contributed by atoms with Gasteiger partial charge in [-0.3, -0.25) is 9.69 Å². The number of ether oxygens (including phenoxy) is 1. The molecule has 2 aromatic carbocycles. The maximum absolute atomic E-state index is 12.8. The highest BCUT2D eigenvalue weighted by molar-refractivity contribution is 5.94. The molecule has 0 saturated carbocycles. The molecule has 0 spiro atoms. The summed E-state index contributed by atoms with van der Waals surface area (Å²) >= 11 is 0. The van der Waals surface area contributed by atoms with Crippen molar-refractivity contribution in [1.29, 1.82) is 0 Å². The van der Waals surface area contributed by atoms with E-state index in [0.717, 1.165) is 69.5 Å². The van der Waals surface area contributed by atoms with E-state index in [9.17, 15) is 9.90 Å². The fourth-order valence-electron chi connectivity index (χ4n) is 4.02. The monoisotopic (exact) mass is 410 g/mol. The number of anilines is 3. The zero-order valence-corrected chi connectivity index (χ0v) is 17.5. The molecule has 2 saturated heterocycles. The first-order chi connectivity index (χ1) is 14.6. The summed E-state index contributed by atoms with van der Waals surface area (Å²) in [6.45, 7) is 8.65. The Bertz CT molecular complexity index is 827. The number of carbonyl (C=O) groups excluding carboxylic acids is 1. The van der Waals surface area contributed by atoms with Gasteiger partial charge < -0.3 is 25.0 Å². The van der Waals surface area contributed by atoms with Crippen LogP contribution in [0.2, 0.25) is 0 Å². The molecule has 0 aliphatic carbocycles. The number of phenolic OH excluding ortho intramolecular Hbond substituents is 1. The molecule has 0 radical (unpaired) electrons. The quantitative estimate of drug-likeness (QED) is 0.789. The van der Waals surface area contributed by atoms with Crippen molar-refractivity contribution >= 4 is 23.0 Å². The van der Waals surface area contributed by atoms with Crippen LogP contribution in [0.4, 0.5) is 17.1 Å². The van der Waals surface area contributed by atoms with Crippen LogP contribution < -0.4 is 15.1 Å². The van der Waals surface area contributed by atoms with Gasteiger partial charge in [-0.05, 0) is 55.5 Å². The summed E-state index contributed by atoms with van der Waals surface area (Å²) in [5.74, 6) is 0.299. The number of amides is 1. The number of hydrogen-bond acceptors (Lipinski definition) is 6. The van der Waals surface area contributed by atoms with Crippen LogP contribution in [0.1, 0.15) is 6.92 Å². The minimum absolute atomic E-state index is 0.0206. The van der Waals surface area contributed by atoms with Crippen LogP contribution in [-0.4, -0.2) is 74.4 Å². The molecule has 2 heterocycles. The van der Waals surface area contributed by atoms with Gasteiger partial charge in [-0.15, -0.1) is 0 Å². The molecule has 1 unspecified atom stereocenters. The van der Waals surface area contributed by atoms with E-state index in [1.807, 2.05) is 31.2 Å². The van der Waals surface area contributed by atoms with Gasteiger partial charge in [-0.2, -0.15) is 0 Å². The second kappa shape index (κ2) is 9.36. The molecular formula is C23H30N4O3. The number of phenols is 1. The number of aromatic hydroxyl groups is 1. The van der Waals surface area contributed by atoms with Gasteiger partial charge in [0.2, 0.25) is 5.91 Å². The standard InChI is InChI=1S/C23H30N4O3/c1-18(25-10-12-26(13-11-25)21-6-8-22(28)9-7-21)23(29)24-19-2-4-20(5-3-19)27-14-16-30-17-15-27/h2-9,18,28H,10-17H2,1H3,(H,24,29). The highest BCUT2D eigenvalue weighted by Gasteiger charge is 2.25. The first-order valence-electron chi connectivity index (χ1n) is 10.6. The van der Waals surface area contributed by atoms with Crippen LogP contribution in [0.5, 0.6) is 5.75 Å². The molecule has 2 aliphatic rings. The summed E-state index contributed by atoms with van der Waals surface area (Å²) in [6.07, 6.45) is 0. The van der Waals surface area contributed by atoms with Crippen LogP contribution in [-0.2, 0) is 9.53 Å². The lowest BCUT2D eigenvalue weighted by atomic mass is 10.2. The lowest BCUT2D eigenvalue weighted by Gasteiger charge is -2.38.